The van der Waals surface area contributed by atoms with Gasteiger partial charge in [-0.1, -0.05) is 13.8 Å². The zero-order valence-corrected chi connectivity index (χ0v) is 7.85. The van der Waals surface area contributed by atoms with E-state index in [2.05, 4.69) is 31.4 Å². The van der Waals surface area contributed by atoms with Gasteiger partial charge in [-0.25, -0.2) is 0 Å². The van der Waals surface area contributed by atoms with Gasteiger partial charge in [-0.15, -0.1) is 0 Å². The van der Waals surface area contributed by atoms with Crippen molar-refractivity contribution >= 4 is 0 Å². The maximum atomic E-state index is 3.59. The van der Waals surface area contributed by atoms with Crippen molar-refractivity contribution in [2.45, 2.75) is 39.3 Å². The summed E-state index contributed by atoms with van der Waals surface area (Å²) in [6.45, 7) is 9.14. The van der Waals surface area contributed by atoms with Gasteiger partial charge in [-0.05, 0) is 19.3 Å². The van der Waals surface area contributed by atoms with Crippen molar-refractivity contribution in [2.24, 2.45) is 5.92 Å². The number of hydrogen-bond donors (Lipinski definition) is 2. The zero-order chi connectivity index (χ0) is 8.27. The lowest BCUT2D eigenvalue weighted by atomic mass is 10.0. The largest absolute Gasteiger partial charge is 0.314 e. The van der Waals surface area contributed by atoms with Crippen molar-refractivity contribution in [2.75, 3.05) is 13.1 Å². The van der Waals surface area contributed by atoms with E-state index >= 15 is 0 Å². The summed E-state index contributed by atoms with van der Waals surface area (Å²) in [5.74, 6) is 0.811. The van der Waals surface area contributed by atoms with E-state index in [9.17, 15) is 0 Å². The minimum absolute atomic E-state index is 0.682. The van der Waals surface area contributed by atoms with Gasteiger partial charge in [0.2, 0.25) is 0 Å². The van der Waals surface area contributed by atoms with Crippen molar-refractivity contribution in [3.05, 3.63) is 0 Å². The van der Waals surface area contributed by atoms with Crippen LogP contribution in [0.5, 0.6) is 0 Å². The Morgan fingerprint density at radius 2 is 2.00 bits per heavy atom. The Bertz CT molecular complexity index is 108. The van der Waals surface area contributed by atoms with E-state index in [-0.39, 0.29) is 0 Å². The Morgan fingerprint density at radius 1 is 1.36 bits per heavy atom. The maximum absolute atomic E-state index is 3.59. The third-order valence-corrected chi connectivity index (χ3v) is 2.13. The molecule has 1 atom stereocenters. The topological polar surface area (TPSA) is 24.1 Å². The molecule has 2 nitrogen and oxygen atoms in total. The van der Waals surface area contributed by atoms with E-state index in [1.165, 1.54) is 6.42 Å². The first-order valence-corrected chi connectivity index (χ1v) is 4.65. The van der Waals surface area contributed by atoms with Crippen LogP contribution in [-0.2, 0) is 0 Å². The Hall–Kier alpha value is -0.0800. The normalized spacial score (nSPS) is 21.8. The van der Waals surface area contributed by atoms with Crippen LogP contribution in [0.3, 0.4) is 0 Å². The van der Waals surface area contributed by atoms with Gasteiger partial charge < -0.3 is 10.6 Å². The maximum Gasteiger partial charge on any atom is 0.0319 e. The second kappa shape index (κ2) is 4.07. The molecule has 0 radical (unpaired) electrons. The number of nitrogens with one attached hydrogen (secondary N) is 2. The molecule has 1 heterocycles. The van der Waals surface area contributed by atoms with Gasteiger partial charge in [-0.2, -0.15) is 0 Å². The quantitative estimate of drug-likeness (QED) is 0.634. The SMILES string of the molecule is CC(C)CC(C)NC1CNC1. The van der Waals surface area contributed by atoms with Crippen molar-refractivity contribution in [1.29, 1.82) is 0 Å². The molecule has 0 aromatic rings. The minimum atomic E-state index is 0.682. The molecule has 0 bridgehead atoms. The summed E-state index contributed by atoms with van der Waals surface area (Å²) in [5.41, 5.74) is 0. The van der Waals surface area contributed by atoms with Crippen LogP contribution in [0.4, 0.5) is 0 Å². The molecule has 2 heteroatoms. The third-order valence-electron chi connectivity index (χ3n) is 2.13. The summed E-state index contributed by atoms with van der Waals surface area (Å²) < 4.78 is 0. The molecule has 1 rings (SSSR count). The zero-order valence-electron chi connectivity index (χ0n) is 7.85. The van der Waals surface area contributed by atoms with E-state index in [0.717, 1.165) is 25.0 Å². The predicted molar refractivity (Wildman–Crippen MR) is 48.7 cm³/mol. The molecule has 1 aliphatic heterocycles. The highest BCUT2D eigenvalue weighted by atomic mass is 15.1. The first-order valence-electron chi connectivity index (χ1n) is 4.65. The number of rotatable bonds is 4. The summed E-state index contributed by atoms with van der Waals surface area (Å²) in [5, 5.41) is 6.84. The van der Waals surface area contributed by atoms with Crippen LogP contribution in [0.2, 0.25) is 0 Å². The van der Waals surface area contributed by atoms with Gasteiger partial charge in [0.15, 0.2) is 0 Å². The standard InChI is InChI=1S/C9H20N2/c1-7(2)4-8(3)11-9-5-10-6-9/h7-11H,4-6H2,1-3H3. The van der Waals surface area contributed by atoms with Crippen molar-refractivity contribution < 1.29 is 0 Å². The van der Waals surface area contributed by atoms with Crippen LogP contribution in [0, 0.1) is 5.92 Å². The molecule has 1 saturated heterocycles. The monoisotopic (exact) mass is 156 g/mol. The van der Waals surface area contributed by atoms with Crippen LogP contribution >= 0.6 is 0 Å². The van der Waals surface area contributed by atoms with E-state index < -0.39 is 0 Å². The second-order valence-corrected chi connectivity index (χ2v) is 4.05. The van der Waals surface area contributed by atoms with Gasteiger partial charge in [0.25, 0.3) is 0 Å². The van der Waals surface area contributed by atoms with Gasteiger partial charge >= 0.3 is 0 Å². The molecule has 1 aliphatic rings. The van der Waals surface area contributed by atoms with Crippen molar-refractivity contribution in [3.8, 4) is 0 Å². The van der Waals surface area contributed by atoms with Crippen LogP contribution in [0.15, 0.2) is 0 Å². The Morgan fingerprint density at radius 3 is 2.36 bits per heavy atom. The third kappa shape index (κ3) is 3.21. The van der Waals surface area contributed by atoms with Crippen molar-refractivity contribution in [1.82, 2.24) is 10.6 Å². The first-order chi connectivity index (χ1) is 5.18. The summed E-state index contributed by atoms with van der Waals surface area (Å²) in [6, 6.07) is 1.42. The minimum Gasteiger partial charge on any atom is -0.314 e. The molecule has 0 aromatic heterocycles. The number of hydrogen-bond acceptors (Lipinski definition) is 2. The summed E-state index contributed by atoms with van der Waals surface area (Å²) in [7, 11) is 0. The average molecular weight is 156 g/mol. The summed E-state index contributed by atoms with van der Waals surface area (Å²) in [6.07, 6.45) is 1.29. The smallest absolute Gasteiger partial charge is 0.0319 e. The second-order valence-electron chi connectivity index (χ2n) is 4.05. The fourth-order valence-corrected chi connectivity index (χ4v) is 1.58. The van der Waals surface area contributed by atoms with Crippen LogP contribution < -0.4 is 10.6 Å². The van der Waals surface area contributed by atoms with E-state index in [1.54, 1.807) is 0 Å². The molecule has 11 heavy (non-hydrogen) atoms. The summed E-state index contributed by atoms with van der Waals surface area (Å²) >= 11 is 0. The van der Waals surface area contributed by atoms with Crippen LogP contribution in [0.25, 0.3) is 0 Å². The molecule has 2 N–H and O–H groups in total. The fraction of sp³-hybridized carbons (Fsp3) is 1.00. The molecular formula is C9H20N2. The highest BCUT2D eigenvalue weighted by Crippen LogP contribution is 2.05. The summed E-state index contributed by atoms with van der Waals surface area (Å²) in [4.78, 5) is 0. The van der Waals surface area contributed by atoms with Gasteiger partial charge in [0.1, 0.15) is 0 Å². The molecule has 0 aromatic carbocycles. The van der Waals surface area contributed by atoms with E-state index in [1.807, 2.05) is 0 Å². The van der Waals surface area contributed by atoms with Crippen LogP contribution in [-0.4, -0.2) is 25.2 Å². The predicted octanol–water partition coefficient (Wildman–Crippen LogP) is 0.982. The molecule has 66 valence electrons. The van der Waals surface area contributed by atoms with E-state index in [0.29, 0.717) is 6.04 Å². The Balaban J connectivity index is 2.04. The van der Waals surface area contributed by atoms with Gasteiger partial charge in [-0.3, -0.25) is 0 Å². The molecule has 1 fully saturated rings. The van der Waals surface area contributed by atoms with E-state index in [4.69, 9.17) is 0 Å². The highest BCUT2D eigenvalue weighted by molar-refractivity contribution is 4.83. The molecule has 0 amide bonds. The Labute approximate surface area is 69.8 Å². The van der Waals surface area contributed by atoms with Gasteiger partial charge in [0, 0.05) is 25.2 Å². The lowest BCUT2D eigenvalue weighted by molar-refractivity contribution is 0.313. The van der Waals surface area contributed by atoms with Crippen molar-refractivity contribution in [3.63, 3.8) is 0 Å². The van der Waals surface area contributed by atoms with Gasteiger partial charge in [0.05, 0.1) is 0 Å². The Kier molecular flexibility index (Phi) is 3.34. The molecule has 0 spiro atoms. The lowest BCUT2D eigenvalue weighted by Crippen LogP contribution is -2.57. The molecule has 0 aliphatic carbocycles. The highest BCUT2D eigenvalue weighted by Gasteiger charge is 2.18. The molecule has 0 saturated carbocycles. The molecule has 1 unspecified atom stereocenters. The lowest BCUT2D eigenvalue weighted by Gasteiger charge is -2.31. The fourth-order valence-electron chi connectivity index (χ4n) is 1.58. The molecular weight excluding hydrogens is 136 g/mol. The first kappa shape index (κ1) is 9.01. The average Bonchev–Trinajstić information content (AvgIpc) is 1.77. The van der Waals surface area contributed by atoms with Crippen LogP contribution in [0.1, 0.15) is 27.2 Å².